The summed E-state index contributed by atoms with van der Waals surface area (Å²) in [5.74, 6) is 0.481. The molecule has 15 heavy (non-hydrogen) atoms. The predicted octanol–water partition coefficient (Wildman–Crippen LogP) is 4.18. The van der Waals surface area contributed by atoms with Gasteiger partial charge in [0.1, 0.15) is 0 Å². The lowest BCUT2D eigenvalue weighted by Crippen LogP contribution is -2.01. The molecule has 0 aliphatic rings. The maximum absolute atomic E-state index is 4.00. The Bertz CT molecular complexity index is 280. The summed E-state index contributed by atoms with van der Waals surface area (Å²) in [6.07, 6.45) is 11.5. The summed E-state index contributed by atoms with van der Waals surface area (Å²) < 4.78 is 0. The summed E-state index contributed by atoms with van der Waals surface area (Å²) in [4.78, 5) is 4.00. The Morgan fingerprint density at radius 2 is 2.00 bits per heavy atom. The van der Waals surface area contributed by atoms with Gasteiger partial charge in [0.15, 0.2) is 0 Å². The van der Waals surface area contributed by atoms with Crippen molar-refractivity contribution in [3.63, 3.8) is 0 Å². The third-order valence-electron chi connectivity index (χ3n) is 2.59. The molecule has 0 aliphatic carbocycles. The molecule has 1 heteroatoms. The molecule has 0 saturated heterocycles. The molecule has 84 valence electrons. The highest BCUT2D eigenvalue weighted by Crippen LogP contribution is 2.23. The number of rotatable bonds is 5. The number of aliphatic imine (C=N–C) groups is 1. The lowest BCUT2D eigenvalue weighted by Gasteiger charge is -2.15. The lowest BCUT2D eigenvalue weighted by molar-refractivity contribution is 0.778. The summed E-state index contributed by atoms with van der Waals surface area (Å²) in [7, 11) is 1.80. The van der Waals surface area contributed by atoms with Crippen molar-refractivity contribution in [1.29, 1.82) is 0 Å². The summed E-state index contributed by atoms with van der Waals surface area (Å²) >= 11 is 0. The van der Waals surface area contributed by atoms with Crippen LogP contribution in [-0.2, 0) is 0 Å². The first-order valence-electron chi connectivity index (χ1n) is 5.61. The van der Waals surface area contributed by atoms with Gasteiger partial charge in [-0.15, -0.1) is 0 Å². The van der Waals surface area contributed by atoms with Crippen LogP contribution in [0.25, 0.3) is 0 Å². The lowest BCUT2D eigenvalue weighted by atomic mass is 9.90. The molecular weight excluding hydrogens is 182 g/mol. The zero-order valence-electron chi connectivity index (χ0n) is 10.6. The predicted molar refractivity (Wildman–Crippen MR) is 70.5 cm³/mol. The maximum atomic E-state index is 4.00. The summed E-state index contributed by atoms with van der Waals surface area (Å²) in [5, 5.41) is 0. The quantitative estimate of drug-likeness (QED) is 0.471. The molecule has 1 atom stereocenters. The van der Waals surface area contributed by atoms with Crippen LogP contribution in [0.5, 0.6) is 0 Å². The molecule has 0 aliphatic heterocycles. The summed E-state index contributed by atoms with van der Waals surface area (Å²) in [6.45, 7) is 8.58. The third-order valence-corrected chi connectivity index (χ3v) is 2.59. The van der Waals surface area contributed by atoms with Gasteiger partial charge in [0.25, 0.3) is 0 Å². The minimum absolute atomic E-state index is 0.481. The van der Waals surface area contributed by atoms with Crippen molar-refractivity contribution in [2.45, 2.75) is 34.1 Å². The SMILES string of the molecule is C/C=C\C(=C/C)C(C)/C(=C\C=NC)CC. The van der Waals surface area contributed by atoms with E-state index in [9.17, 15) is 0 Å². The first kappa shape index (κ1) is 13.9. The molecular formula is C14H23N. The zero-order chi connectivity index (χ0) is 11.7. The van der Waals surface area contributed by atoms with Crippen molar-refractivity contribution in [3.05, 3.63) is 35.5 Å². The fourth-order valence-corrected chi connectivity index (χ4v) is 1.64. The molecule has 1 nitrogen and oxygen atoms in total. The Morgan fingerprint density at radius 3 is 2.40 bits per heavy atom. The molecule has 0 bridgehead atoms. The maximum Gasteiger partial charge on any atom is 0.0277 e. The molecule has 0 amide bonds. The van der Waals surface area contributed by atoms with E-state index in [1.54, 1.807) is 7.05 Å². The standard InChI is InChI=1S/C14H23N/c1-6-9-13(7-2)12(4)14(8-3)10-11-15-5/h6-7,9-12H,8H2,1-5H3/b9-6-,13-7+,14-10-,15-11?. The second kappa shape index (κ2) is 8.22. The van der Waals surface area contributed by atoms with E-state index < -0.39 is 0 Å². The number of allylic oxidation sites excluding steroid dienone is 6. The average molecular weight is 205 g/mol. The van der Waals surface area contributed by atoms with Crippen molar-refractivity contribution < 1.29 is 0 Å². The Balaban J connectivity index is 4.85. The fourth-order valence-electron chi connectivity index (χ4n) is 1.64. The second-order valence-corrected chi connectivity index (χ2v) is 3.51. The normalized spacial score (nSPS) is 16.6. The van der Waals surface area contributed by atoms with Gasteiger partial charge < -0.3 is 0 Å². The van der Waals surface area contributed by atoms with Crippen molar-refractivity contribution in [2.24, 2.45) is 10.9 Å². The first-order chi connectivity index (χ1) is 7.21. The van der Waals surface area contributed by atoms with Crippen LogP contribution in [0, 0.1) is 5.92 Å². The molecule has 0 aromatic rings. The van der Waals surface area contributed by atoms with Crippen molar-refractivity contribution in [1.82, 2.24) is 0 Å². The van der Waals surface area contributed by atoms with Crippen LogP contribution in [-0.4, -0.2) is 13.3 Å². The van der Waals surface area contributed by atoms with E-state index in [0.29, 0.717) is 5.92 Å². The Morgan fingerprint density at radius 1 is 1.33 bits per heavy atom. The largest absolute Gasteiger partial charge is 0.297 e. The average Bonchev–Trinajstić information content (AvgIpc) is 2.26. The third kappa shape index (κ3) is 4.78. The second-order valence-electron chi connectivity index (χ2n) is 3.51. The molecule has 0 aromatic heterocycles. The van der Waals surface area contributed by atoms with Crippen LogP contribution < -0.4 is 0 Å². The highest BCUT2D eigenvalue weighted by molar-refractivity contribution is 5.72. The number of hydrogen-bond acceptors (Lipinski definition) is 1. The molecule has 0 fully saturated rings. The van der Waals surface area contributed by atoms with E-state index in [-0.39, 0.29) is 0 Å². The van der Waals surface area contributed by atoms with Crippen LogP contribution in [0.1, 0.15) is 34.1 Å². The Kier molecular flexibility index (Phi) is 7.61. The van der Waals surface area contributed by atoms with Crippen LogP contribution in [0.2, 0.25) is 0 Å². The minimum atomic E-state index is 0.481. The highest BCUT2D eigenvalue weighted by Gasteiger charge is 2.08. The van der Waals surface area contributed by atoms with Gasteiger partial charge in [-0.2, -0.15) is 0 Å². The van der Waals surface area contributed by atoms with Crippen LogP contribution in [0.4, 0.5) is 0 Å². The van der Waals surface area contributed by atoms with Crippen molar-refractivity contribution >= 4 is 6.21 Å². The van der Waals surface area contributed by atoms with Crippen LogP contribution in [0.15, 0.2) is 40.4 Å². The van der Waals surface area contributed by atoms with E-state index in [1.807, 2.05) is 6.21 Å². The molecule has 1 unspecified atom stereocenters. The van der Waals surface area contributed by atoms with Gasteiger partial charge >= 0.3 is 0 Å². The number of hydrogen-bond donors (Lipinski definition) is 0. The highest BCUT2D eigenvalue weighted by atomic mass is 14.6. The van der Waals surface area contributed by atoms with Crippen molar-refractivity contribution in [3.8, 4) is 0 Å². The van der Waals surface area contributed by atoms with Crippen molar-refractivity contribution in [2.75, 3.05) is 7.05 Å². The van der Waals surface area contributed by atoms with Gasteiger partial charge in [0, 0.05) is 19.2 Å². The van der Waals surface area contributed by atoms with E-state index >= 15 is 0 Å². The van der Waals surface area contributed by atoms with Gasteiger partial charge in [0.05, 0.1) is 0 Å². The molecule has 0 spiro atoms. The van der Waals surface area contributed by atoms with E-state index in [2.05, 4.69) is 57.0 Å². The molecule has 0 saturated carbocycles. The van der Waals surface area contributed by atoms with Gasteiger partial charge in [-0.25, -0.2) is 0 Å². The molecule has 0 aromatic carbocycles. The molecule has 0 radical (unpaired) electrons. The zero-order valence-corrected chi connectivity index (χ0v) is 10.6. The van der Waals surface area contributed by atoms with Gasteiger partial charge in [0.2, 0.25) is 0 Å². The van der Waals surface area contributed by atoms with E-state index in [0.717, 1.165) is 6.42 Å². The van der Waals surface area contributed by atoms with Crippen LogP contribution in [0.3, 0.4) is 0 Å². The Labute approximate surface area is 94.3 Å². The Hall–Kier alpha value is -1.11. The summed E-state index contributed by atoms with van der Waals surface area (Å²) in [5.41, 5.74) is 2.79. The fraction of sp³-hybridized carbons (Fsp3) is 0.500. The van der Waals surface area contributed by atoms with Gasteiger partial charge in [-0.05, 0) is 31.9 Å². The monoisotopic (exact) mass is 205 g/mol. The number of nitrogens with zero attached hydrogens (tertiary/aromatic N) is 1. The van der Waals surface area contributed by atoms with E-state index in [1.165, 1.54) is 11.1 Å². The summed E-state index contributed by atoms with van der Waals surface area (Å²) in [6, 6.07) is 0. The van der Waals surface area contributed by atoms with Gasteiger partial charge in [-0.3, -0.25) is 4.99 Å². The van der Waals surface area contributed by atoms with Crippen LogP contribution >= 0.6 is 0 Å². The first-order valence-corrected chi connectivity index (χ1v) is 5.61. The smallest absolute Gasteiger partial charge is 0.0277 e. The molecule has 0 heterocycles. The molecule has 0 rings (SSSR count). The van der Waals surface area contributed by atoms with Gasteiger partial charge in [-0.1, -0.05) is 37.6 Å². The topological polar surface area (TPSA) is 12.4 Å². The minimum Gasteiger partial charge on any atom is -0.297 e. The van der Waals surface area contributed by atoms with E-state index in [4.69, 9.17) is 0 Å². The molecule has 0 N–H and O–H groups in total.